The van der Waals surface area contributed by atoms with Gasteiger partial charge < -0.3 is 10.2 Å². The summed E-state index contributed by atoms with van der Waals surface area (Å²) in [5, 5.41) is 8.94. The number of benzene rings is 4. The van der Waals surface area contributed by atoms with Gasteiger partial charge in [-0.05, 0) is 67.1 Å². The standard InChI is InChI=1S/C28H25N3S/c1-20(2)31(25-10-4-3-5-11-25)26-16-14-24(15-17-26)29-28-30-27(19-32-28)23-13-12-21-8-6-7-9-22(21)18-23/h3-20H,1-2H3,(H,29,30). The Hall–Kier alpha value is -3.63. The molecular weight excluding hydrogens is 410 g/mol. The van der Waals surface area contributed by atoms with Crippen LogP contribution in [0, 0.1) is 0 Å². The molecule has 0 aliphatic rings. The number of nitrogens with zero attached hydrogens (tertiary/aromatic N) is 2. The lowest BCUT2D eigenvalue weighted by Crippen LogP contribution is -2.25. The molecule has 0 saturated carbocycles. The Morgan fingerprint density at radius 2 is 1.44 bits per heavy atom. The van der Waals surface area contributed by atoms with Crippen molar-refractivity contribution >= 4 is 44.3 Å². The number of fused-ring (bicyclic) bond motifs is 1. The first kappa shape index (κ1) is 20.3. The van der Waals surface area contributed by atoms with Crippen molar-refractivity contribution in [1.82, 2.24) is 4.98 Å². The lowest BCUT2D eigenvalue weighted by molar-refractivity contribution is 0.789. The molecule has 3 nitrogen and oxygen atoms in total. The molecule has 158 valence electrons. The molecular formula is C28H25N3S. The van der Waals surface area contributed by atoms with Gasteiger partial charge in [-0.25, -0.2) is 4.98 Å². The Balaban J connectivity index is 1.34. The first-order chi connectivity index (χ1) is 15.7. The molecule has 0 atom stereocenters. The highest BCUT2D eigenvalue weighted by molar-refractivity contribution is 7.14. The minimum absolute atomic E-state index is 0.361. The molecule has 0 unspecified atom stereocenters. The van der Waals surface area contributed by atoms with E-state index in [2.05, 4.69) is 127 Å². The molecule has 4 aromatic carbocycles. The summed E-state index contributed by atoms with van der Waals surface area (Å²) in [6.07, 6.45) is 0. The molecule has 4 heteroatoms. The minimum atomic E-state index is 0.361. The van der Waals surface area contributed by atoms with Crippen LogP contribution in [0.3, 0.4) is 0 Å². The van der Waals surface area contributed by atoms with Gasteiger partial charge in [0.25, 0.3) is 0 Å². The topological polar surface area (TPSA) is 28.2 Å². The van der Waals surface area contributed by atoms with Crippen molar-refractivity contribution in [3.05, 3.63) is 102 Å². The molecule has 5 rings (SSSR count). The van der Waals surface area contributed by atoms with Gasteiger partial charge in [-0.1, -0.05) is 54.6 Å². The number of nitrogens with one attached hydrogen (secondary N) is 1. The second-order valence-corrected chi connectivity index (χ2v) is 8.93. The van der Waals surface area contributed by atoms with Crippen LogP contribution >= 0.6 is 11.3 Å². The molecule has 1 aromatic heterocycles. The van der Waals surface area contributed by atoms with E-state index in [0.29, 0.717) is 6.04 Å². The van der Waals surface area contributed by atoms with Crippen molar-refractivity contribution in [2.75, 3.05) is 10.2 Å². The Morgan fingerprint density at radius 3 is 2.19 bits per heavy atom. The Labute approximate surface area is 193 Å². The zero-order valence-electron chi connectivity index (χ0n) is 18.2. The van der Waals surface area contributed by atoms with Crippen LogP contribution in [0.15, 0.2) is 102 Å². The smallest absolute Gasteiger partial charge is 0.187 e. The first-order valence-electron chi connectivity index (χ1n) is 10.8. The fourth-order valence-corrected chi connectivity index (χ4v) is 4.72. The molecule has 5 aromatic rings. The lowest BCUT2D eigenvalue weighted by Gasteiger charge is -2.29. The van der Waals surface area contributed by atoms with E-state index >= 15 is 0 Å². The summed E-state index contributed by atoms with van der Waals surface area (Å²) in [6.45, 7) is 4.42. The third kappa shape index (κ3) is 4.23. The van der Waals surface area contributed by atoms with Gasteiger partial charge in [0.2, 0.25) is 0 Å². The Kier molecular flexibility index (Phi) is 5.61. The summed E-state index contributed by atoms with van der Waals surface area (Å²) in [5.41, 5.74) is 5.54. The fourth-order valence-electron chi connectivity index (χ4n) is 3.98. The minimum Gasteiger partial charge on any atom is -0.339 e. The van der Waals surface area contributed by atoms with E-state index in [4.69, 9.17) is 4.98 Å². The molecule has 0 bridgehead atoms. The van der Waals surface area contributed by atoms with Gasteiger partial charge in [-0.15, -0.1) is 11.3 Å². The van der Waals surface area contributed by atoms with E-state index in [1.54, 1.807) is 11.3 Å². The van der Waals surface area contributed by atoms with Crippen molar-refractivity contribution < 1.29 is 0 Å². The van der Waals surface area contributed by atoms with Crippen LogP contribution in [0.2, 0.25) is 0 Å². The summed E-state index contributed by atoms with van der Waals surface area (Å²) in [6, 6.07) is 34.3. The average Bonchev–Trinajstić information content (AvgIpc) is 3.29. The van der Waals surface area contributed by atoms with Gasteiger partial charge >= 0.3 is 0 Å². The van der Waals surface area contributed by atoms with Gasteiger partial charge in [-0.3, -0.25) is 0 Å². The Morgan fingerprint density at radius 1 is 0.750 bits per heavy atom. The Bertz CT molecular complexity index is 1320. The highest BCUT2D eigenvalue weighted by Gasteiger charge is 2.13. The van der Waals surface area contributed by atoms with Crippen LogP contribution in [0.4, 0.5) is 22.2 Å². The van der Waals surface area contributed by atoms with E-state index in [9.17, 15) is 0 Å². The molecule has 32 heavy (non-hydrogen) atoms. The first-order valence-corrected chi connectivity index (χ1v) is 11.7. The van der Waals surface area contributed by atoms with E-state index in [0.717, 1.165) is 22.1 Å². The highest BCUT2D eigenvalue weighted by Crippen LogP contribution is 2.32. The molecule has 0 amide bonds. The van der Waals surface area contributed by atoms with Crippen LogP contribution in [-0.4, -0.2) is 11.0 Å². The van der Waals surface area contributed by atoms with E-state index in [1.807, 2.05) is 0 Å². The van der Waals surface area contributed by atoms with E-state index < -0.39 is 0 Å². The summed E-state index contributed by atoms with van der Waals surface area (Å²) in [7, 11) is 0. The fraction of sp³-hybridized carbons (Fsp3) is 0.107. The molecule has 1 heterocycles. The van der Waals surface area contributed by atoms with E-state index in [1.165, 1.54) is 22.1 Å². The number of hydrogen-bond donors (Lipinski definition) is 1. The number of hydrogen-bond acceptors (Lipinski definition) is 4. The normalized spacial score (nSPS) is 11.1. The SMILES string of the molecule is CC(C)N(c1ccccc1)c1ccc(Nc2nc(-c3ccc4ccccc4c3)cs2)cc1. The zero-order chi connectivity index (χ0) is 21.9. The number of rotatable bonds is 6. The number of para-hydroxylation sites is 1. The zero-order valence-corrected chi connectivity index (χ0v) is 19.0. The third-order valence-electron chi connectivity index (χ3n) is 5.50. The van der Waals surface area contributed by atoms with Crippen molar-refractivity contribution in [1.29, 1.82) is 0 Å². The lowest BCUT2D eigenvalue weighted by atomic mass is 10.1. The maximum Gasteiger partial charge on any atom is 0.187 e. The van der Waals surface area contributed by atoms with Crippen molar-refractivity contribution in [3.8, 4) is 11.3 Å². The van der Waals surface area contributed by atoms with Crippen LogP contribution in [0.1, 0.15) is 13.8 Å². The quantitative estimate of drug-likeness (QED) is 0.291. The molecule has 1 N–H and O–H groups in total. The van der Waals surface area contributed by atoms with Crippen molar-refractivity contribution in [2.24, 2.45) is 0 Å². The molecule has 0 aliphatic carbocycles. The maximum atomic E-state index is 4.81. The maximum absolute atomic E-state index is 4.81. The van der Waals surface area contributed by atoms with E-state index in [-0.39, 0.29) is 0 Å². The van der Waals surface area contributed by atoms with Crippen molar-refractivity contribution in [3.63, 3.8) is 0 Å². The second-order valence-electron chi connectivity index (χ2n) is 8.07. The average molecular weight is 436 g/mol. The van der Waals surface area contributed by atoms with Gasteiger partial charge in [0, 0.05) is 34.0 Å². The largest absolute Gasteiger partial charge is 0.339 e. The van der Waals surface area contributed by atoms with Crippen LogP contribution < -0.4 is 10.2 Å². The van der Waals surface area contributed by atoms with Gasteiger partial charge in [-0.2, -0.15) is 0 Å². The highest BCUT2D eigenvalue weighted by atomic mass is 32.1. The van der Waals surface area contributed by atoms with Crippen LogP contribution in [0.25, 0.3) is 22.0 Å². The second kappa shape index (κ2) is 8.85. The van der Waals surface area contributed by atoms with Crippen LogP contribution in [0.5, 0.6) is 0 Å². The number of anilines is 4. The summed E-state index contributed by atoms with van der Waals surface area (Å²) >= 11 is 1.62. The third-order valence-corrected chi connectivity index (χ3v) is 6.25. The summed E-state index contributed by atoms with van der Waals surface area (Å²) < 4.78 is 0. The molecule has 0 fully saturated rings. The predicted molar refractivity (Wildman–Crippen MR) is 138 cm³/mol. The monoisotopic (exact) mass is 435 g/mol. The molecule has 0 saturated heterocycles. The summed E-state index contributed by atoms with van der Waals surface area (Å²) in [5.74, 6) is 0. The van der Waals surface area contributed by atoms with Gasteiger partial charge in [0.15, 0.2) is 5.13 Å². The summed E-state index contributed by atoms with van der Waals surface area (Å²) in [4.78, 5) is 7.15. The predicted octanol–water partition coefficient (Wildman–Crippen LogP) is 8.25. The van der Waals surface area contributed by atoms with Crippen molar-refractivity contribution in [2.45, 2.75) is 19.9 Å². The molecule has 0 radical (unpaired) electrons. The molecule has 0 spiro atoms. The number of thiazole rings is 1. The number of aromatic nitrogens is 1. The van der Waals surface area contributed by atoms with Gasteiger partial charge in [0.1, 0.15) is 0 Å². The van der Waals surface area contributed by atoms with Gasteiger partial charge in [0.05, 0.1) is 5.69 Å². The molecule has 0 aliphatic heterocycles. The van der Waals surface area contributed by atoms with Crippen LogP contribution in [-0.2, 0) is 0 Å².